The minimum Gasteiger partial charge on any atom is -0.103 e. The zero-order chi connectivity index (χ0) is 7.98. The zero-order valence-electron chi connectivity index (χ0n) is 7.19. The molecule has 0 aliphatic rings. The first-order valence-electron chi connectivity index (χ1n) is 3.92. The van der Waals surface area contributed by atoms with Crippen molar-refractivity contribution >= 4 is 0 Å². The lowest BCUT2D eigenvalue weighted by atomic mass is 9.98. The van der Waals surface area contributed by atoms with Crippen molar-refractivity contribution in [1.29, 1.82) is 0 Å². The highest BCUT2D eigenvalue weighted by molar-refractivity contribution is 4.89. The molecular weight excluding hydrogens is 120 g/mol. The van der Waals surface area contributed by atoms with Crippen LogP contribution in [0.1, 0.15) is 33.1 Å². The number of allylic oxidation sites excluding steroid dienone is 2. The summed E-state index contributed by atoms with van der Waals surface area (Å²) in [6, 6.07) is 0. The molecule has 0 radical (unpaired) electrons. The van der Waals surface area contributed by atoms with E-state index in [1.54, 1.807) is 0 Å². The van der Waals surface area contributed by atoms with Crippen LogP contribution in [0.15, 0.2) is 24.8 Å². The molecule has 0 aromatic heterocycles. The summed E-state index contributed by atoms with van der Waals surface area (Å²) in [7, 11) is 0. The van der Waals surface area contributed by atoms with Crippen molar-refractivity contribution in [1.82, 2.24) is 0 Å². The lowest BCUT2D eigenvalue weighted by molar-refractivity contribution is 0.534. The van der Waals surface area contributed by atoms with Gasteiger partial charge in [0.25, 0.3) is 0 Å². The van der Waals surface area contributed by atoms with Crippen molar-refractivity contribution in [2.24, 2.45) is 5.92 Å². The van der Waals surface area contributed by atoms with Gasteiger partial charge in [-0.3, -0.25) is 0 Å². The highest BCUT2D eigenvalue weighted by Crippen LogP contribution is 2.14. The molecule has 0 bridgehead atoms. The number of hydrogen-bond acceptors (Lipinski definition) is 0. The Kier molecular flexibility index (Phi) is 5.00. The fourth-order valence-electron chi connectivity index (χ4n) is 1.10. The second kappa shape index (κ2) is 5.28. The van der Waals surface area contributed by atoms with Gasteiger partial charge in [-0.15, -0.1) is 13.2 Å². The second-order valence-corrected chi connectivity index (χ2v) is 3.13. The van der Waals surface area contributed by atoms with Gasteiger partial charge in [-0.25, -0.2) is 0 Å². The van der Waals surface area contributed by atoms with Crippen LogP contribution in [0.25, 0.3) is 0 Å². The van der Waals surface area contributed by atoms with Gasteiger partial charge in [-0.2, -0.15) is 0 Å². The quantitative estimate of drug-likeness (QED) is 0.510. The molecule has 1 unspecified atom stereocenters. The Bertz CT molecular complexity index is 111. The highest BCUT2D eigenvalue weighted by atomic mass is 14.0. The molecule has 0 N–H and O–H groups in total. The van der Waals surface area contributed by atoms with E-state index in [1.807, 2.05) is 6.08 Å². The van der Waals surface area contributed by atoms with Crippen molar-refractivity contribution in [3.8, 4) is 0 Å². The molecular formula is C10H18. The monoisotopic (exact) mass is 138 g/mol. The van der Waals surface area contributed by atoms with E-state index in [9.17, 15) is 0 Å². The van der Waals surface area contributed by atoms with Crippen LogP contribution >= 0.6 is 0 Å². The van der Waals surface area contributed by atoms with Crippen LogP contribution in [0.4, 0.5) is 0 Å². The average Bonchev–Trinajstić information content (AvgIpc) is 1.82. The molecule has 0 spiro atoms. The van der Waals surface area contributed by atoms with E-state index >= 15 is 0 Å². The van der Waals surface area contributed by atoms with Crippen molar-refractivity contribution in [2.45, 2.75) is 33.1 Å². The second-order valence-electron chi connectivity index (χ2n) is 3.13. The minimum absolute atomic E-state index is 0.774. The molecule has 0 aromatic carbocycles. The van der Waals surface area contributed by atoms with Crippen LogP contribution < -0.4 is 0 Å². The van der Waals surface area contributed by atoms with Crippen LogP contribution in [-0.2, 0) is 0 Å². The van der Waals surface area contributed by atoms with E-state index in [4.69, 9.17) is 0 Å². The molecule has 0 aliphatic heterocycles. The van der Waals surface area contributed by atoms with E-state index in [0.717, 1.165) is 18.8 Å². The first-order chi connectivity index (χ1) is 4.66. The molecule has 0 aromatic rings. The third-order valence-corrected chi connectivity index (χ3v) is 1.56. The van der Waals surface area contributed by atoms with E-state index < -0.39 is 0 Å². The molecule has 10 heavy (non-hydrogen) atoms. The summed E-state index contributed by atoms with van der Waals surface area (Å²) in [5, 5.41) is 0. The SMILES string of the molecule is C=CCCC(C)CC(=C)C. The first kappa shape index (κ1) is 9.48. The molecule has 0 saturated heterocycles. The maximum absolute atomic E-state index is 3.88. The Labute approximate surface area is 64.6 Å². The Morgan fingerprint density at radius 1 is 1.60 bits per heavy atom. The Morgan fingerprint density at radius 2 is 2.20 bits per heavy atom. The van der Waals surface area contributed by atoms with Gasteiger partial charge in [-0.05, 0) is 32.1 Å². The Balaban J connectivity index is 3.33. The van der Waals surface area contributed by atoms with Crippen LogP contribution in [0.5, 0.6) is 0 Å². The van der Waals surface area contributed by atoms with Crippen LogP contribution in [0.3, 0.4) is 0 Å². The molecule has 58 valence electrons. The van der Waals surface area contributed by atoms with Crippen molar-refractivity contribution < 1.29 is 0 Å². The standard InChI is InChI=1S/C10H18/c1-5-6-7-10(4)8-9(2)3/h5,10H,1-2,6-8H2,3-4H3. The lowest BCUT2D eigenvalue weighted by Gasteiger charge is -2.08. The molecule has 1 atom stereocenters. The van der Waals surface area contributed by atoms with Gasteiger partial charge in [0.05, 0.1) is 0 Å². The summed E-state index contributed by atoms with van der Waals surface area (Å²) < 4.78 is 0. The van der Waals surface area contributed by atoms with Crippen molar-refractivity contribution in [2.75, 3.05) is 0 Å². The summed E-state index contributed by atoms with van der Waals surface area (Å²) in [4.78, 5) is 0. The fraction of sp³-hybridized carbons (Fsp3) is 0.600. The predicted octanol–water partition coefficient (Wildman–Crippen LogP) is 3.55. The fourth-order valence-corrected chi connectivity index (χ4v) is 1.10. The molecule has 0 heterocycles. The topological polar surface area (TPSA) is 0 Å². The average molecular weight is 138 g/mol. The molecule has 0 nitrogen and oxygen atoms in total. The van der Waals surface area contributed by atoms with Gasteiger partial charge in [0.15, 0.2) is 0 Å². The third kappa shape index (κ3) is 5.61. The van der Waals surface area contributed by atoms with E-state index in [2.05, 4.69) is 27.0 Å². The van der Waals surface area contributed by atoms with Gasteiger partial charge >= 0.3 is 0 Å². The highest BCUT2D eigenvalue weighted by Gasteiger charge is 1.99. The van der Waals surface area contributed by atoms with Gasteiger partial charge < -0.3 is 0 Å². The summed E-state index contributed by atoms with van der Waals surface area (Å²) in [6.07, 6.45) is 5.52. The number of rotatable bonds is 5. The summed E-state index contributed by atoms with van der Waals surface area (Å²) in [5.41, 5.74) is 1.29. The Hall–Kier alpha value is -0.520. The molecule has 0 aliphatic carbocycles. The van der Waals surface area contributed by atoms with Crippen molar-refractivity contribution in [3.63, 3.8) is 0 Å². The molecule has 0 fully saturated rings. The van der Waals surface area contributed by atoms with Crippen LogP contribution in [0, 0.1) is 5.92 Å². The maximum atomic E-state index is 3.88. The van der Waals surface area contributed by atoms with E-state index in [1.165, 1.54) is 12.0 Å². The maximum Gasteiger partial charge on any atom is -0.0300 e. The van der Waals surface area contributed by atoms with Crippen molar-refractivity contribution in [3.05, 3.63) is 24.8 Å². The normalized spacial score (nSPS) is 12.6. The third-order valence-electron chi connectivity index (χ3n) is 1.56. The zero-order valence-corrected chi connectivity index (χ0v) is 7.19. The lowest BCUT2D eigenvalue weighted by Crippen LogP contribution is -1.93. The van der Waals surface area contributed by atoms with E-state index in [0.29, 0.717) is 0 Å². The number of hydrogen-bond donors (Lipinski definition) is 0. The molecule has 0 rings (SSSR count). The van der Waals surface area contributed by atoms with Gasteiger partial charge in [-0.1, -0.05) is 18.6 Å². The predicted molar refractivity (Wildman–Crippen MR) is 48.0 cm³/mol. The van der Waals surface area contributed by atoms with Gasteiger partial charge in [0.2, 0.25) is 0 Å². The van der Waals surface area contributed by atoms with E-state index in [-0.39, 0.29) is 0 Å². The van der Waals surface area contributed by atoms with Gasteiger partial charge in [0, 0.05) is 0 Å². The largest absolute Gasteiger partial charge is 0.103 e. The summed E-state index contributed by atoms with van der Waals surface area (Å²) in [5.74, 6) is 0.774. The first-order valence-corrected chi connectivity index (χ1v) is 3.92. The van der Waals surface area contributed by atoms with Gasteiger partial charge in [0.1, 0.15) is 0 Å². The summed E-state index contributed by atoms with van der Waals surface area (Å²) in [6.45, 7) is 11.9. The Morgan fingerprint density at radius 3 is 2.60 bits per heavy atom. The molecule has 0 amide bonds. The van der Waals surface area contributed by atoms with Crippen LogP contribution in [0.2, 0.25) is 0 Å². The van der Waals surface area contributed by atoms with Crippen LogP contribution in [-0.4, -0.2) is 0 Å². The minimum atomic E-state index is 0.774. The summed E-state index contributed by atoms with van der Waals surface area (Å²) >= 11 is 0. The molecule has 0 saturated carbocycles. The molecule has 0 heteroatoms. The smallest absolute Gasteiger partial charge is 0.0300 e.